The van der Waals surface area contributed by atoms with E-state index in [9.17, 15) is 26.3 Å². The summed E-state index contributed by atoms with van der Waals surface area (Å²) >= 11 is 0. The Bertz CT molecular complexity index is 434. The molecule has 0 fully saturated rings. The number of nitrogens with two attached hydrogens (primary N) is 1. The van der Waals surface area contributed by atoms with Gasteiger partial charge in [-0.05, 0) is 24.1 Å². The minimum atomic E-state index is -4.77. The van der Waals surface area contributed by atoms with Crippen LogP contribution in [0, 0.1) is 5.82 Å². The van der Waals surface area contributed by atoms with E-state index in [4.69, 9.17) is 5.73 Å². The van der Waals surface area contributed by atoms with Crippen molar-refractivity contribution >= 4 is 0 Å². The van der Waals surface area contributed by atoms with E-state index in [-0.39, 0.29) is 18.6 Å². The molecule has 0 saturated heterocycles. The molecule has 0 spiro atoms. The van der Waals surface area contributed by atoms with Gasteiger partial charge in [0.25, 0.3) is 6.43 Å². The van der Waals surface area contributed by atoms with Crippen molar-refractivity contribution in [2.75, 3.05) is 13.2 Å². The first-order chi connectivity index (χ1) is 9.21. The van der Waals surface area contributed by atoms with E-state index >= 15 is 0 Å². The molecule has 1 aromatic rings. The molecule has 2 nitrogen and oxygen atoms in total. The zero-order valence-corrected chi connectivity index (χ0v) is 10.3. The average Bonchev–Trinajstić information content (AvgIpc) is 2.32. The first-order valence-electron chi connectivity index (χ1n) is 5.70. The highest BCUT2D eigenvalue weighted by Crippen LogP contribution is 2.32. The molecule has 0 saturated carbocycles. The molecule has 1 aromatic carbocycles. The maximum Gasteiger partial charge on any atom is 0.419 e. The summed E-state index contributed by atoms with van der Waals surface area (Å²) in [5.74, 6) is -1.42. The number of rotatable bonds is 6. The number of benzene rings is 1. The third-order valence-corrected chi connectivity index (χ3v) is 2.54. The molecule has 8 heteroatoms. The number of halogens is 6. The fourth-order valence-corrected chi connectivity index (χ4v) is 1.54. The Morgan fingerprint density at radius 1 is 1.20 bits per heavy atom. The second-order valence-corrected chi connectivity index (χ2v) is 4.10. The van der Waals surface area contributed by atoms with Crippen molar-refractivity contribution in [1.82, 2.24) is 0 Å². The second kappa shape index (κ2) is 6.94. The lowest BCUT2D eigenvalue weighted by Gasteiger charge is -2.14. The summed E-state index contributed by atoms with van der Waals surface area (Å²) in [6, 6.07) is 1.57. The third-order valence-electron chi connectivity index (χ3n) is 2.54. The third kappa shape index (κ3) is 5.01. The lowest BCUT2D eigenvalue weighted by Crippen LogP contribution is -2.16. The molecule has 0 bridgehead atoms. The summed E-state index contributed by atoms with van der Waals surface area (Å²) in [4.78, 5) is 0. The Hall–Kier alpha value is -1.28. The Morgan fingerprint density at radius 2 is 1.85 bits per heavy atom. The van der Waals surface area contributed by atoms with Crippen molar-refractivity contribution in [3.8, 4) is 0 Å². The van der Waals surface area contributed by atoms with Gasteiger partial charge in [-0.3, -0.25) is 0 Å². The molecule has 0 amide bonds. The highest BCUT2D eigenvalue weighted by atomic mass is 19.4. The Morgan fingerprint density at radius 3 is 2.35 bits per heavy atom. The van der Waals surface area contributed by atoms with Crippen molar-refractivity contribution in [3.05, 3.63) is 35.1 Å². The van der Waals surface area contributed by atoms with Gasteiger partial charge in [-0.1, -0.05) is 6.07 Å². The summed E-state index contributed by atoms with van der Waals surface area (Å²) in [7, 11) is 0. The van der Waals surface area contributed by atoms with Crippen molar-refractivity contribution in [2.45, 2.75) is 25.1 Å². The van der Waals surface area contributed by atoms with Crippen LogP contribution in [0.1, 0.15) is 23.6 Å². The van der Waals surface area contributed by atoms with Gasteiger partial charge in [-0.2, -0.15) is 13.2 Å². The molecule has 0 heterocycles. The van der Waals surface area contributed by atoms with Crippen molar-refractivity contribution < 1.29 is 31.1 Å². The first-order valence-corrected chi connectivity index (χ1v) is 5.70. The topological polar surface area (TPSA) is 35.2 Å². The van der Waals surface area contributed by atoms with E-state index in [2.05, 4.69) is 4.74 Å². The molecule has 0 aliphatic carbocycles. The summed E-state index contributed by atoms with van der Waals surface area (Å²) in [6.45, 7) is -0.831. The summed E-state index contributed by atoms with van der Waals surface area (Å²) in [5.41, 5.74) is 4.40. The van der Waals surface area contributed by atoms with Crippen LogP contribution in [0.15, 0.2) is 18.2 Å². The van der Waals surface area contributed by atoms with Crippen LogP contribution in [0.3, 0.4) is 0 Å². The number of alkyl halides is 5. The first kappa shape index (κ1) is 16.8. The van der Waals surface area contributed by atoms with Gasteiger partial charge < -0.3 is 10.5 Å². The van der Waals surface area contributed by atoms with Gasteiger partial charge in [0, 0.05) is 12.6 Å². The predicted octanol–water partition coefficient (Wildman–Crippen LogP) is 3.52. The molecule has 0 aromatic heterocycles. The normalized spacial score (nSPS) is 13.8. The fraction of sp³-hybridized carbons (Fsp3) is 0.500. The van der Waals surface area contributed by atoms with Crippen LogP contribution in [0.25, 0.3) is 0 Å². The Kier molecular flexibility index (Phi) is 5.82. The van der Waals surface area contributed by atoms with Crippen LogP contribution in [-0.2, 0) is 10.9 Å². The van der Waals surface area contributed by atoms with Crippen molar-refractivity contribution in [3.63, 3.8) is 0 Å². The van der Waals surface area contributed by atoms with Gasteiger partial charge >= 0.3 is 6.18 Å². The molecule has 1 atom stereocenters. The highest BCUT2D eigenvalue weighted by molar-refractivity contribution is 5.28. The monoisotopic (exact) mass is 301 g/mol. The van der Waals surface area contributed by atoms with E-state index in [1.807, 2.05) is 0 Å². The van der Waals surface area contributed by atoms with Gasteiger partial charge in [-0.25, -0.2) is 13.2 Å². The van der Waals surface area contributed by atoms with Crippen LogP contribution in [0.5, 0.6) is 0 Å². The van der Waals surface area contributed by atoms with E-state index < -0.39 is 36.6 Å². The summed E-state index contributed by atoms with van der Waals surface area (Å²) in [5, 5.41) is 0. The Balaban J connectivity index is 2.61. The molecular formula is C12H13F6NO. The smallest absolute Gasteiger partial charge is 0.375 e. The summed E-state index contributed by atoms with van der Waals surface area (Å²) < 4.78 is 78.5. The molecular weight excluding hydrogens is 288 g/mol. The maximum absolute atomic E-state index is 13.3. The SMILES string of the molecule is NC(CCOCC(F)F)c1ccc(C(F)(F)F)c(F)c1. The van der Waals surface area contributed by atoms with E-state index in [0.29, 0.717) is 12.1 Å². The van der Waals surface area contributed by atoms with Crippen LogP contribution in [0.4, 0.5) is 26.3 Å². The van der Waals surface area contributed by atoms with E-state index in [0.717, 1.165) is 6.07 Å². The highest BCUT2D eigenvalue weighted by Gasteiger charge is 2.34. The lowest BCUT2D eigenvalue weighted by molar-refractivity contribution is -0.140. The maximum atomic E-state index is 13.3. The zero-order chi connectivity index (χ0) is 15.3. The molecule has 0 aliphatic heterocycles. The Labute approximate surface area is 111 Å². The summed E-state index contributed by atoms with van der Waals surface area (Å²) in [6.07, 6.45) is -7.28. The number of hydrogen-bond donors (Lipinski definition) is 1. The molecule has 0 radical (unpaired) electrons. The fourth-order valence-electron chi connectivity index (χ4n) is 1.54. The van der Waals surface area contributed by atoms with Gasteiger partial charge in [0.1, 0.15) is 12.4 Å². The molecule has 1 unspecified atom stereocenters. The quantitative estimate of drug-likeness (QED) is 0.644. The van der Waals surface area contributed by atoms with Gasteiger partial charge in [0.05, 0.1) is 5.56 Å². The number of hydrogen-bond acceptors (Lipinski definition) is 2. The molecule has 20 heavy (non-hydrogen) atoms. The van der Waals surface area contributed by atoms with E-state index in [1.165, 1.54) is 0 Å². The van der Waals surface area contributed by atoms with Crippen LogP contribution in [-0.4, -0.2) is 19.6 Å². The van der Waals surface area contributed by atoms with Gasteiger partial charge in [0.2, 0.25) is 0 Å². The predicted molar refractivity (Wildman–Crippen MR) is 59.8 cm³/mol. The van der Waals surface area contributed by atoms with Crippen LogP contribution < -0.4 is 5.73 Å². The van der Waals surface area contributed by atoms with Crippen molar-refractivity contribution in [2.24, 2.45) is 5.73 Å². The van der Waals surface area contributed by atoms with Crippen LogP contribution in [0.2, 0.25) is 0 Å². The van der Waals surface area contributed by atoms with Crippen LogP contribution >= 0.6 is 0 Å². The standard InChI is InChI=1S/C12H13F6NO/c13-9-5-7(1-2-8(9)12(16,17)18)10(19)3-4-20-6-11(14)15/h1-2,5,10-11H,3-4,6,19H2. The molecule has 2 N–H and O–H groups in total. The molecule has 0 aliphatic rings. The minimum Gasteiger partial charge on any atom is -0.375 e. The minimum absolute atomic E-state index is 0.0891. The van der Waals surface area contributed by atoms with Crippen molar-refractivity contribution in [1.29, 1.82) is 0 Å². The lowest BCUT2D eigenvalue weighted by atomic mass is 10.0. The second-order valence-electron chi connectivity index (χ2n) is 4.10. The molecule has 114 valence electrons. The van der Waals surface area contributed by atoms with Gasteiger partial charge in [0.15, 0.2) is 0 Å². The largest absolute Gasteiger partial charge is 0.419 e. The zero-order valence-electron chi connectivity index (χ0n) is 10.3. The molecule has 1 rings (SSSR count). The number of ether oxygens (including phenoxy) is 1. The van der Waals surface area contributed by atoms with E-state index in [1.54, 1.807) is 0 Å². The average molecular weight is 301 g/mol. The van der Waals surface area contributed by atoms with Gasteiger partial charge in [-0.15, -0.1) is 0 Å².